The smallest absolute Gasteiger partial charge is 0.0582 e. The Bertz CT molecular complexity index is 1190. The molecular weight excluding hydrogens is 302 g/mol. The molecule has 1 heteroatoms. The monoisotopic (exact) mass is 325 g/mol. The highest BCUT2D eigenvalue weighted by atomic mass is 15.0. The second-order valence-corrected chi connectivity index (χ2v) is 8.04. The van der Waals surface area contributed by atoms with Gasteiger partial charge in [0.15, 0.2) is 0 Å². The van der Waals surface area contributed by atoms with Crippen LogP contribution in [-0.2, 0) is 5.41 Å². The fourth-order valence-corrected chi connectivity index (χ4v) is 4.75. The summed E-state index contributed by atoms with van der Waals surface area (Å²) in [6.45, 7) is 11.4. The zero-order valence-electron chi connectivity index (χ0n) is 15.6. The Hall–Kier alpha value is -2.54. The Morgan fingerprint density at radius 3 is 2.16 bits per heavy atom. The summed E-state index contributed by atoms with van der Waals surface area (Å²) in [4.78, 5) is 0. The van der Waals surface area contributed by atoms with Crippen LogP contribution in [0.4, 0.5) is 0 Å². The molecule has 0 fully saturated rings. The van der Waals surface area contributed by atoms with Crippen LogP contribution in [0.25, 0.3) is 27.5 Å². The lowest BCUT2D eigenvalue weighted by Gasteiger charge is -2.35. The SMILES string of the molecule is Cc1cccc2c1-n1c3c(cccc3c3ccc(C)c(C)c31)C2(C)C. The van der Waals surface area contributed by atoms with E-state index in [1.807, 2.05) is 0 Å². The molecule has 0 atom stereocenters. The van der Waals surface area contributed by atoms with Crippen molar-refractivity contribution in [2.75, 3.05) is 0 Å². The molecule has 0 radical (unpaired) electrons. The fraction of sp³-hybridized carbons (Fsp3) is 0.250. The van der Waals surface area contributed by atoms with Crippen LogP contribution in [0.1, 0.15) is 41.7 Å². The van der Waals surface area contributed by atoms with Gasteiger partial charge in [-0.2, -0.15) is 0 Å². The third kappa shape index (κ3) is 1.64. The molecule has 1 nitrogen and oxygen atoms in total. The van der Waals surface area contributed by atoms with Crippen LogP contribution in [0.5, 0.6) is 0 Å². The summed E-state index contributed by atoms with van der Waals surface area (Å²) in [5.41, 5.74) is 11.1. The molecule has 3 aromatic carbocycles. The number of benzene rings is 3. The lowest BCUT2D eigenvalue weighted by Crippen LogP contribution is -2.26. The van der Waals surface area contributed by atoms with Crippen molar-refractivity contribution < 1.29 is 0 Å². The summed E-state index contributed by atoms with van der Waals surface area (Å²) in [7, 11) is 0. The highest BCUT2D eigenvalue weighted by Crippen LogP contribution is 2.48. The van der Waals surface area contributed by atoms with Gasteiger partial charge in [-0.25, -0.2) is 0 Å². The fourth-order valence-electron chi connectivity index (χ4n) is 4.75. The molecule has 25 heavy (non-hydrogen) atoms. The molecule has 5 rings (SSSR count). The zero-order valence-corrected chi connectivity index (χ0v) is 15.6. The van der Waals surface area contributed by atoms with Gasteiger partial charge >= 0.3 is 0 Å². The average molecular weight is 325 g/mol. The summed E-state index contributed by atoms with van der Waals surface area (Å²) in [5.74, 6) is 0. The van der Waals surface area contributed by atoms with E-state index in [4.69, 9.17) is 0 Å². The third-order valence-corrected chi connectivity index (χ3v) is 6.28. The van der Waals surface area contributed by atoms with Crippen molar-refractivity contribution in [2.45, 2.75) is 40.0 Å². The van der Waals surface area contributed by atoms with Gasteiger partial charge in [0.05, 0.1) is 16.7 Å². The molecule has 1 aromatic heterocycles. The van der Waals surface area contributed by atoms with E-state index >= 15 is 0 Å². The molecule has 0 saturated carbocycles. The number of hydrogen-bond acceptors (Lipinski definition) is 0. The number of rotatable bonds is 0. The molecule has 0 saturated heterocycles. The largest absolute Gasteiger partial charge is 0.308 e. The summed E-state index contributed by atoms with van der Waals surface area (Å²) in [5, 5.41) is 2.74. The Balaban J connectivity index is 2.18. The molecule has 1 aliphatic heterocycles. The van der Waals surface area contributed by atoms with E-state index in [1.165, 1.54) is 55.3 Å². The predicted molar refractivity (Wildman–Crippen MR) is 107 cm³/mol. The summed E-state index contributed by atoms with van der Waals surface area (Å²) in [6.07, 6.45) is 0. The van der Waals surface area contributed by atoms with Crippen molar-refractivity contribution in [3.8, 4) is 5.69 Å². The van der Waals surface area contributed by atoms with Crippen molar-refractivity contribution in [1.82, 2.24) is 4.57 Å². The number of nitrogens with zero attached hydrogens (tertiary/aromatic N) is 1. The van der Waals surface area contributed by atoms with Crippen LogP contribution in [0.2, 0.25) is 0 Å². The maximum absolute atomic E-state index is 2.54. The lowest BCUT2D eigenvalue weighted by atomic mass is 9.74. The number of hydrogen-bond donors (Lipinski definition) is 0. The zero-order chi connectivity index (χ0) is 17.5. The molecule has 0 bridgehead atoms. The van der Waals surface area contributed by atoms with Crippen molar-refractivity contribution in [3.63, 3.8) is 0 Å². The van der Waals surface area contributed by atoms with Crippen LogP contribution in [0, 0.1) is 20.8 Å². The van der Waals surface area contributed by atoms with Gasteiger partial charge in [0.2, 0.25) is 0 Å². The topological polar surface area (TPSA) is 4.93 Å². The van der Waals surface area contributed by atoms with E-state index in [1.54, 1.807) is 0 Å². The number of aryl methyl sites for hydroxylation is 3. The Labute approximate surface area is 148 Å². The van der Waals surface area contributed by atoms with Crippen LogP contribution >= 0.6 is 0 Å². The van der Waals surface area contributed by atoms with E-state index < -0.39 is 0 Å². The van der Waals surface area contributed by atoms with Gasteiger partial charge < -0.3 is 4.57 Å². The first-order valence-electron chi connectivity index (χ1n) is 9.07. The molecule has 0 unspecified atom stereocenters. The second kappa shape index (κ2) is 4.54. The molecule has 1 aliphatic rings. The minimum absolute atomic E-state index is 0.00812. The maximum atomic E-state index is 2.54. The number of para-hydroxylation sites is 2. The van der Waals surface area contributed by atoms with Gasteiger partial charge in [0, 0.05) is 16.2 Å². The van der Waals surface area contributed by atoms with E-state index in [0.717, 1.165) is 0 Å². The Morgan fingerprint density at radius 1 is 0.680 bits per heavy atom. The average Bonchev–Trinajstić information content (AvgIpc) is 2.92. The van der Waals surface area contributed by atoms with Gasteiger partial charge in [0.1, 0.15) is 0 Å². The molecule has 4 aromatic rings. The third-order valence-electron chi connectivity index (χ3n) is 6.28. The summed E-state index contributed by atoms with van der Waals surface area (Å²) in [6, 6.07) is 18.1. The van der Waals surface area contributed by atoms with Gasteiger partial charge in [0.25, 0.3) is 0 Å². The van der Waals surface area contributed by atoms with Gasteiger partial charge in [-0.05, 0) is 48.6 Å². The van der Waals surface area contributed by atoms with Gasteiger partial charge in [-0.3, -0.25) is 0 Å². The van der Waals surface area contributed by atoms with Crippen molar-refractivity contribution in [2.24, 2.45) is 0 Å². The maximum Gasteiger partial charge on any atom is 0.0582 e. The summed E-state index contributed by atoms with van der Waals surface area (Å²) < 4.78 is 2.54. The molecule has 0 aliphatic carbocycles. The second-order valence-electron chi connectivity index (χ2n) is 8.04. The van der Waals surface area contributed by atoms with Crippen LogP contribution in [0.15, 0.2) is 48.5 Å². The minimum atomic E-state index is 0.00812. The standard InChI is InChI=1S/C24H23N/c1-14-12-13-18-17-9-7-11-20-23(17)25(22(18)16(14)3)21-15(2)8-6-10-19(21)24(20,4)5/h6-13H,1-5H3. The first-order valence-corrected chi connectivity index (χ1v) is 9.07. The quantitative estimate of drug-likeness (QED) is 0.355. The van der Waals surface area contributed by atoms with E-state index in [2.05, 4.69) is 87.7 Å². The van der Waals surface area contributed by atoms with Crippen molar-refractivity contribution in [1.29, 1.82) is 0 Å². The van der Waals surface area contributed by atoms with Crippen molar-refractivity contribution in [3.05, 3.63) is 76.3 Å². The first-order chi connectivity index (χ1) is 11.9. The van der Waals surface area contributed by atoms with Gasteiger partial charge in [-0.1, -0.05) is 62.4 Å². The minimum Gasteiger partial charge on any atom is -0.308 e. The normalized spacial score (nSPS) is 14.9. The predicted octanol–water partition coefficient (Wildman–Crippen LogP) is 6.35. The molecular formula is C24H23N. The number of aromatic nitrogens is 1. The first kappa shape index (κ1) is 14.8. The molecule has 0 amide bonds. The van der Waals surface area contributed by atoms with Crippen LogP contribution in [0.3, 0.4) is 0 Å². The van der Waals surface area contributed by atoms with Gasteiger partial charge in [-0.15, -0.1) is 0 Å². The van der Waals surface area contributed by atoms with Crippen molar-refractivity contribution >= 4 is 21.8 Å². The summed E-state index contributed by atoms with van der Waals surface area (Å²) >= 11 is 0. The highest BCUT2D eigenvalue weighted by molar-refractivity contribution is 6.12. The molecule has 0 N–H and O–H groups in total. The van der Waals surface area contributed by atoms with Crippen LogP contribution in [-0.4, -0.2) is 4.57 Å². The highest BCUT2D eigenvalue weighted by Gasteiger charge is 2.35. The lowest BCUT2D eigenvalue weighted by molar-refractivity contribution is 0.629. The molecule has 124 valence electrons. The Morgan fingerprint density at radius 2 is 1.36 bits per heavy atom. The van der Waals surface area contributed by atoms with E-state index in [0.29, 0.717) is 0 Å². The molecule has 2 heterocycles. The molecule has 0 spiro atoms. The van der Waals surface area contributed by atoms with Crippen LogP contribution < -0.4 is 0 Å². The number of fused-ring (bicyclic) bond motifs is 5. The van der Waals surface area contributed by atoms with E-state index in [9.17, 15) is 0 Å². The van der Waals surface area contributed by atoms with E-state index in [-0.39, 0.29) is 5.41 Å². The Kier molecular flexibility index (Phi) is 2.69.